The first-order valence-electron chi connectivity index (χ1n) is 8.19. The first-order chi connectivity index (χ1) is 11.0. The van der Waals surface area contributed by atoms with Crippen LogP contribution in [0, 0.1) is 0 Å². The molecular formula is C21H27NO2. The summed E-state index contributed by atoms with van der Waals surface area (Å²) in [6.07, 6.45) is 1.69. The standard InChI is InChI=1S/C21H27NO2/c1-20(2,3)15-11-14(19(24)18(12-15)21(4,5)6)13-22-16-7-9-17(23)10-8-16/h7-13,23-24H,1-6H3. The lowest BCUT2D eigenvalue weighted by molar-refractivity contribution is 0.444. The summed E-state index contributed by atoms with van der Waals surface area (Å²) in [5.74, 6) is 0.486. The number of phenolic OH excluding ortho intramolecular Hbond substituents is 2. The van der Waals surface area contributed by atoms with E-state index in [9.17, 15) is 10.2 Å². The van der Waals surface area contributed by atoms with Crippen molar-refractivity contribution >= 4 is 11.9 Å². The zero-order valence-corrected chi connectivity index (χ0v) is 15.4. The molecule has 2 aromatic rings. The van der Waals surface area contributed by atoms with Crippen LogP contribution in [0.1, 0.15) is 58.2 Å². The molecule has 3 heteroatoms. The summed E-state index contributed by atoms with van der Waals surface area (Å²) in [5.41, 5.74) is 3.34. The number of phenols is 2. The van der Waals surface area contributed by atoms with Gasteiger partial charge in [-0.25, -0.2) is 0 Å². The molecule has 0 bridgehead atoms. The summed E-state index contributed by atoms with van der Waals surface area (Å²) in [6, 6.07) is 10.8. The topological polar surface area (TPSA) is 52.8 Å². The zero-order chi connectivity index (χ0) is 18.1. The molecule has 3 nitrogen and oxygen atoms in total. The van der Waals surface area contributed by atoms with Crippen LogP contribution in [0.15, 0.2) is 41.4 Å². The van der Waals surface area contributed by atoms with E-state index in [4.69, 9.17) is 0 Å². The third-order valence-electron chi connectivity index (χ3n) is 4.02. The van der Waals surface area contributed by atoms with Gasteiger partial charge in [-0.3, -0.25) is 4.99 Å². The van der Waals surface area contributed by atoms with Crippen LogP contribution in [0.5, 0.6) is 11.5 Å². The van der Waals surface area contributed by atoms with Crippen molar-refractivity contribution in [2.24, 2.45) is 4.99 Å². The van der Waals surface area contributed by atoms with E-state index in [2.05, 4.69) is 52.6 Å². The molecule has 0 saturated heterocycles. The number of hydrogen-bond donors (Lipinski definition) is 2. The van der Waals surface area contributed by atoms with Crippen LogP contribution in [-0.2, 0) is 10.8 Å². The van der Waals surface area contributed by atoms with E-state index >= 15 is 0 Å². The van der Waals surface area contributed by atoms with Crippen molar-refractivity contribution in [3.05, 3.63) is 53.1 Å². The molecule has 0 fully saturated rings. The molecule has 0 aliphatic heterocycles. The second kappa shape index (κ2) is 6.31. The van der Waals surface area contributed by atoms with Gasteiger partial charge in [0.2, 0.25) is 0 Å². The van der Waals surface area contributed by atoms with Crippen LogP contribution in [0.3, 0.4) is 0 Å². The quantitative estimate of drug-likeness (QED) is 0.722. The van der Waals surface area contributed by atoms with Crippen molar-refractivity contribution in [1.29, 1.82) is 0 Å². The number of rotatable bonds is 2. The molecule has 0 atom stereocenters. The Bertz CT molecular complexity index is 745. The number of nitrogens with zero attached hydrogens (tertiary/aromatic N) is 1. The van der Waals surface area contributed by atoms with Gasteiger partial charge in [0.15, 0.2) is 0 Å². The van der Waals surface area contributed by atoms with E-state index in [1.807, 2.05) is 6.07 Å². The van der Waals surface area contributed by atoms with Gasteiger partial charge in [-0.2, -0.15) is 0 Å². The van der Waals surface area contributed by atoms with E-state index in [0.29, 0.717) is 5.56 Å². The summed E-state index contributed by atoms with van der Waals surface area (Å²) in [4.78, 5) is 4.43. The smallest absolute Gasteiger partial charge is 0.128 e. The first-order valence-corrected chi connectivity index (χ1v) is 8.19. The molecule has 0 radical (unpaired) electrons. The minimum absolute atomic E-state index is 0.0190. The first kappa shape index (κ1) is 18.1. The lowest BCUT2D eigenvalue weighted by Crippen LogP contribution is -2.17. The Labute approximate surface area is 144 Å². The lowest BCUT2D eigenvalue weighted by Gasteiger charge is -2.26. The van der Waals surface area contributed by atoms with Crippen LogP contribution in [0.25, 0.3) is 0 Å². The SMILES string of the molecule is CC(C)(C)c1cc(C=Nc2ccc(O)cc2)c(O)c(C(C)(C)C)c1. The maximum absolute atomic E-state index is 10.7. The van der Waals surface area contributed by atoms with Gasteiger partial charge >= 0.3 is 0 Å². The van der Waals surface area contributed by atoms with Gasteiger partial charge in [-0.1, -0.05) is 47.6 Å². The molecule has 0 aromatic heterocycles. The van der Waals surface area contributed by atoms with E-state index < -0.39 is 0 Å². The Balaban J connectivity index is 2.54. The summed E-state index contributed by atoms with van der Waals surface area (Å²) >= 11 is 0. The van der Waals surface area contributed by atoms with Crippen LogP contribution in [0.4, 0.5) is 5.69 Å². The molecule has 0 saturated carbocycles. The predicted octanol–water partition coefficient (Wildman–Crippen LogP) is 5.44. The van der Waals surface area contributed by atoms with Gasteiger partial charge in [-0.15, -0.1) is 0 Å². The molecule has 0 heterocycles. The minimum atomic E-state index is -0.160. The summed E-state index contributed by atoms with van der Waals surface area (Å²) in [5, 5.41) is 20.1. The van der Waals surface area contributed by atoms with Crippen molar-refractivity contribution in [3.63, 3.8) is 0 Å². The van der Waals surface area contributed by atoms with Gasteiger partial charge in [0.1, 0.15) is 11.5 Å². The molecule has 2 aromatic carbocycles. The van der Waals surface area contributed by atoms with Gasteiger partial charge in [0, 0.05) is 17.3 Å². The Morgan fingerprint density at radius 2 is 1.42 bits per heavy atom. The third-order valence-corrected chi connectivity index (χ3v) is 4.02. The molecule has 0 aliphatic carbocycles. The molecule has 24 heavy (non-hydrogen) atoms. The van der Waals surface area contributed by atoms with Gasteiger partial charge in [0.25, 0.3) is 0 Å². The molecular weight excluding hydrogens is 298 g/mol. The third kappa shape index (κ3) is 4.16. The molecule has 0 unspecified atom stereocenters. The lowest BCUT2D eigenvalue weighted by atomic mass is 9.79. The fourth-order valence-electron chi connectivity index (χ4n) is 2.44. The van der Waals surface area contributed by atoms with E-state index in [1.165, 1.54) is 0 Å². The van der Waals surface area contributed by atoms with Crippen LogP contribution in [0.2, 0.25) is 0 Å². The average molecular weight is 325 g/mol. The Kier molecular flexibility index (Phi) is 4.75. The van der Waals surface area contributed by atoms with Gasteiger partial charge in [0.05, 0.1) is 5.69 Å². The monoisotopic (exact) mass is 325 g/mol. The fourth-order valence-corrected chi connectivity index (χ4v) is 2.44. The van der Waals surface area contributed by atoms with Crippen molar-refractivity contribution in [2.75, 3.05) is 0 Å². The molecule has 2 rings (SSSR count). The van der Waals surface area contributed by atoms with Crippen molar-refractivity contribution in [2.45, 2.75) is 52.4 Å². The van der Waals surface area contributed by atoms with Crippen molar-refractivity contribution in [3.8, 4) is 11.5 Å². The highest BCUT2D eigenvalue weighted by Gasteiger charge is 2.24. The second-order valence-electron chi connectivity index (χ2n) is 8.24. The Morgan fingerprint density at radius 3 is 1.92 bits per heavy atom. The van der Waals surface area contributed by atoms with E-state index in [0.717, 1.165) is 16.8 Å². The highest BCUT2D eigenvalue weighted by molar-refractivity contribution is 5.86. The number of benzene rings is 2. The van der Waals surface area contributed by atoms with E-state index in [-0.39, 0.29) is 22.3 Å². The maximum Gasteiger partial charge on any atom is 0.128 e. The molecule has 0 amide bonds. The zero-order valence-electron chi connectivity index (χ0n) is 15.4. The number of aliphatic imine (C=N–C) groups is 1. The number of hydrogen-bond acceptors (Lipinski definition) is 3. The van der Waals surface area contributed by atoms with Crippen LogP contribution < -0.4 is 0 Å². The predicted molar refractivity (Wildman–Crippen MR) is 101 cm³/mol. The van der Waals surface area contributed by atoms with Crippen molar-refractivity contribution < 1.29 is 10.2 Å². The van der Waals surface area contributed by atoms with E-state index in [1.54, 1.807) is 30.5 Å². The fraction of sp³-hybridized carbons (Fsp3) is 0.381. The van der Waals surface area contributed by atoms with Gasteiger partial charge in [-0.05, 0) is 46.7 Å². The van der Waals surface area contributed by atoms with Crippen molar-refractivity contribution in [1.82, 2.24) is 0 Å². The second-order valence-corrected chi connectivity index (χ2v) is 8.24. The Morgan fingerprint density at radius 1 is 0.833 bits per heavy atom. The highest BCUT2D eigenvalue weighted by atomic mass is 16.3. The largest absolute Gasteiger partial charge is 0.508 e. The molecule has 0 spiro atoms. The normalized spacial score (nSPS) is 12.8. The average Bonchev–Trinajstić information content (AvgIpc) is 2.45. The molecule has 0 aliphatic rings. The Hall–Kier alpha value is -2.29. The minimum Gasteiger partial charge on any atom is -0.508 e. The maximum atomic E-state index is 10.7. The summed E-state index contributed by atoms with van der Waals surface area (Å²) in [7, 11) is 0. The van der Waals surface area contributed by atoms with Gasteiger partial charge < -0.3 is 10.2 Å². The summed E-state index contributed by atoms with van der Waals surface area (Å²) in [6.45, 7) is 12.8. The van der Waals surface area contributed by atoms with Crippen LogP contribution in [-0.4, -0.2) is 16.4 Å². The van der Waals surface area contributed by atoms with Crippen LogP contribution >= 0.6 is 0 Å². The molecule has 2 N–H and O–H groups in total. The molecule has 128 valence electrons. The highest BCUT2D eigenvalue weighted by Crippen LogP contribution is 2.37. The summed E-state index contributed by atoms with van der Waals surface area (Å²) < 4.78 is 0. The number of aromatic hydroxyl groups is 2.